The summed E-state index contributed by atoms with van der Waals surface area (Å²) in [5, 5.41) is 0. The van der Waals surface area contributed by atoms with Gasteiger partial charge >= 0.3 is 0 Å². The lowest BCUT2D eigenvalue weighted by Gasteiger charge is -2.30. The van der Waals surface area contributed by atoms with Crippen LogP contribution in [0.1, 0.15) is 33.6 Å². The predicted molar refractivity (Wildman–Crippen MR) is 57.2 cm³/mol. The van der Waals surface area contributed by atoms with Crippen molar-refractivity contribution in [3.63, 3.8) is 0 Å². The Bertz CT molecular complexity index is 275. The number of allylic oxidation sites excluding steroid dienone is 2. The van der Waals surface area contributed by atoms with Gasteiger partial charge in [-0.25, -0.2) is 0 Å². The number of rotatable bonds is 3. The highest BCUT2D eigenvalue weighted by Gasteiger charge is 2.29. The molecular weight excluding hydrogens is 176 g/mol. The highest BCUT2D eigenvalue weighted by atomic mass is 16.5. The Labute approximate surface area is 85.6 Å². The molecule has 1 aliphatic carbocycles. The number of hydrogen-bond acceptors (Lipinski definition) is 2. The number of methoxy groups -OCH3 is 1. The zero-order valence-electron chi connectivity index (χ0n) is 9.39. The summed E-state index contributed by atoms with van der Waals surface area (Å²) >= 11 is 0. The predicted octanol–water partition coefficient (Wildman–Crippen LogP) is 2.65. The van der Waals surface area contributed by atoms with Crippen LogP contribution in [0.25, 0.3) is 0 Å². The molecule has 0 spiro atoms. The average Bonchev–Trinajstić information content (AvgIpc) is 2.15. The van der Waals surface area contributed by atoms with Crippen molar-refractivity contribution in [1.82, 2.24) is 0 Å². The summed E-state index contributed by atoms with van der Waals surface area (Å²) in [6.07, 6.45) is 5.83. The fraction of sp³-hybridized carbons (Fsp3) is 0.583. The van der Waals surface area contributed by atoms with Crippen molar-refractivity contribution < 1.29 is 9.53 Å². The van der Waals surface area contributed by atoms with Gasteiger partial charge in [-0.3, -0.25) is 4.79 Å². The van der Waals surface area contributed by atoms with Gasteiger partial charge in [-0.15, -0.1) is 0 Å². The smallest absolute Gasteiger partial charge is 0.184 e. The zero-order valence-corrected chi connectivity index (χ0v) is 9.39. The number of carbonyl (C=O) groups is 1. The highest BCUT2D eigenvalue weighted by molar-refractivity contribution is 6.08. The molecule has 1 rings (SSSR count). The van der Waals surface area contributed by atoms with Gasteiger partial charge in [0.1, 0.15) is 5.60 Å². The van der Waals surface area contributed by atoms with E-state index in [1.807, 2.05) is 26.0 Å². The van der Waals surface area contributed by atoms with Crippen LogP contribution < -0.4 is 0 Å². The van der Waals surface area contributed by atoms with E-state index in [9.17, 15) is 4.79 Å². The summed E-state index contributed by atoms with van der Waals surface area (Å²) < 4.78 is 5.50. The molecule has 0 radical (unpaired) electrons. The molecule has 0 aliphatic heterocycles. The van der Waals surface area contributed by atoms with Crippen LogP contribution in [0.3, 0.4) is 0 Å². The van der Waals surface area contributed by atoms with Crippen molar-refractivity contribution in [2.75, 3.05) is 7.11 Å². The van der Waals surface area contributed by atoms with Gasteiger partial charge in [0.05, 0.1) is 0 Å². The van der Waals surface area contributed by atoms with Crippen LogP contribution in [0.4, 0.5) is 0 Å². The number of carbonyl (C=O) groups excluding carboxylic acids is 1. The fourth-order valence-electron chi connectivity index (χ4n) is 1.97. The molecule has 78 valence electrons. The van der Waals surface area contributed by atoms with Gasteiger partial charge in [0.2, 0.25) is 0 Å². The monoisotopic (exact) mass is 194 g/mol. The van der Waals surface area contributed by atoms with E-state index < -0.39 is 0 Å². The van der Waals surface area contributed by atoms with Gasteiger partial charge in [0.15, 0.2) is 5.78 Å². The first-order valence-electron chi connectivity index (χ1n) is 5.03. The molecule has 0 fully saturated rings. The minimum Gasteiger partial charge on any atom is -0.370 e. The molecule has 0 bridgehead atoms. The van der Waals surface area contributed by atoms with Crippen molar-refractivity contribution >= 4 is 5.78 Å². The molecule has 0 aromatic rings. The van der Waals surface area contributed by atoms with Crippen LogP contribution >= 0.6 is 0 Å². The summed E-state index contributed by atoms with van der Waals surface area (Å²) in [5.74, 6) is 0.133. The molecule has 0 aromatic heterocycles. The van der Waals surface area contributed by atoms with Crippen LogP contribution in [0.15, 0.2) is 23.3 Å². The Morgan fingerprint density at radius 1 is 1.29 bits per heavy atom. The van der Waals surface area contributed by atoms with Gasteiger partial charge in [0.25, 0.3) is 0 Å². The molecule has 2 heteroatoms. The first-order chi connectivity index (χ1) is 6.54. The van der Waals surface area contributed by atoms with Gasteiger partial charge < -0.3 is 4.74 Å². The Balaban J connectivity index is 3.05. The van der Waals surface area contributed by atoms with Crippen molar-refractivity contribution in [2.24, 2.45) is 0 Å². The summed E-state index contributed by atoms with van der Waals surface area (Å²) in [5.41, 5.74) is 1.23. The maximum atomic E-state index is 11.5. The highest BCUT2D eigenvalue weighted by Crippen LogP contribution is 2.29. The molecule has 14 heavy (non-hydrogen) atoms. The first kappa shape index (κ1) is 11.2. The van der Waals surface area contributed by atoms with Crippen molar-refractivity contribution in [2.45, 2.75) is 39.2 Å². The van der Waals surface area contributed by atoms with E-state index in [4.69, 9.17) is 4.74 Å². The Hall–Kier alpha value is -0.890. The molecule has 1 aliphatic rings. The lowest BCUT2D eigenvalue weighted by atomic mass is 9.85. The summed E-state index contributed by atoms with van der Waals surface area (Å²) in [6, 6.07) is 0. The number of ether oxygens (including phenoxy) is 1. The van der Waals surface area contributed by atoms with E-state index in [0.717, 1.165) is 24.0 Å². The number of hydrogen-bond donors (Lipinski definition) is 0. The van der Waals surface area contributed by atoms with E-state index in [2.05, 4.69) is 6.92 Å². The first-order valence-corrected chi connectivity index (χ1v) is 5.03. The average molecular weight is 194 g/mol. The second-order valence-electron chi connectivity index (χ2n) is 3.89. The fourth-order valence-corrected chi connectivity index (χ4v) is 1.97. The van der Waals surface area contributed by atoms with E-state index in [1.165, 1.54) is 0 Å². The summed E-state index contributed by atoms with van der Waals surface area (Å²) in [7, 11) is 1.69. The Morgan fingerprint density at radius 2 is 1.79 bits per heavy atom. The van der Waals surface area contributed by atoms with E-state index in [0.29, 0.717) is 0 Å². The van der Waals surface area contributed by atoms with E-state index in [1.54, 1.807) is 7.11 Å². The standard InChI is InChI=1S/C12H18O2/c1-5-6-12(14-4)7-9(2)11(13)10(3)8-12/h7-8H,5-6H2,1-4H3. The third-order valence-electron chi connectivity index (χ3n) is 2.66. The molecule has 0 heterocycles. The summed E-state index contributed by atoms with van der Waals surface area (Å²) in [6.45, 7) is 5.81. The summed E-state index contributed by atoms with van der Waals surface area (Å²) in [4.78, 5) is 11.5. The molecule has 0 saturated carbocycles. The second-order valence-corrected chi connectivity index (χ2v) is 3.89. The lowest BCUT2D eigenvalue weighted by Crippen LogP contribution is -2.31. The molecule has 0 atom stereocenters. The molecule has 0 saturated heterocycles. The quantitative estimate of drug-likeness (QED) is 0.690. The van der Waals surface area contributed by atoms with E-state index in [-0.39, 0.29) is 11.4 Å². The maximum Gasteiger partial charge on any atom is 0.184 e. The van der Waals surface area contributed by atoms with Crippen LogP contribution in [-0.2, 0) is 9.53 Å². The Morgan fingerprint density at radius 3 is 2.14 bits per heavy atom. The van der Waals surface area contributed by atoms with Crippen LogP contribution in [0, 0.1) is 0 Å². The second kappa shape index (κ2) is 4.09. The Kier molecular flexibility index (Phi) is 3.27. The van der Waals surface area contributed by atoms with Crippen LogP contribution in [0.2, 0.25) is 0 Å². The van der Waals surface area contributed by atoms with Crippen molar-refractivity contribution in [1.29, 1.82) is 0 Å². The minimum atomic E-state index is -0.350. The third kappa shape index (κ3) is 1.95. The van der Waals surface area contributed by atoms with Crippen LogP contribution in [0.5, 0.6) is 0 Å². The SMILES string of the molecule is CCCC1(OC)C=C(C)C(=O)C(C)=C1. The minimum absolute atomic E-state index is 0.133. The number of Topliss-reactive ketones (excluding diaryl/α,β-unsaturated/α-hetero) is 1. The van der Waals surface area contributed by atoms with Crippen molar-refractivity contribution in [3.8, 4) is 0 Å². The molecule has 0 N–H and O–H groups in total. The van der Waals surface area contributed by atoms with Gasteiger partial charge in [0, 0.05) is 7.11 Å². The molecule has 0 unspecified atom stereocenters. The van der Waals surface area contributed by atoms with E-state index >= 15 is 0 Å². The zero-order chi connectivity index (χ0) is 10.8. The molecule has 0 amide bonds. The molecule has 0 aromatic carbocycles. The molecule has 2 nitrogen and oxygen atoms in total. The van der Waals surface area contributed by atoms with Gasteiger partial charge in [-0.2, -0.15) is 0 Å². The maximum absolute atomic E-state index is 11.5. The largest absolute Gasteiger partial charge is 0.370 e. The normalized spacial score (nSPS) is 20.4. The van der Waals surface area contributed by atoms with Gasteiger partial charge in [-0.05, 0) is 43.6 Å². The number of ketones is 1. The lowest BCUT2D eigenvalue weighted by molar-refractivity contribution is -0.112. The third-order valence-corrected chi connectivity index (χ3v) is 2.66. The topological polar surface area (TPSA) is 26.3 Å². The molecular formula is C12H18O2. The van der Waals surface area contributed by atoms with Crippen molar-refractivity contribution in [3.05, 3.63) is 23.3 Å². The van der Waals surface area contributed by atoms with Gasteiger partial charge in [-0.1, -0.05) is 13.3 Å². The van der Waals surface area contributed by atoms with Crippen LogP contribution in [-0.4, -0.2) is 18.5 Å².